The van der Waals surface area contributed by atoms with Crippen LogP contribution in [0.4, 0.5) is 10.5 Å². The number of hydrogen-bond acceptors (Lipinski definition) is 3. The van der Waals surface area contributed by atoms with Crippen LogP contribution in [0.5, 0.6) is 5.75 Å². The summed E-state index contributed by atoms with van der Waals surface area (Å²) in [5.74, 6) is 0.436. The van der Waals surface area contributed by atoms with Crippen molar-refractivity contribution in [2.45, 2.75) is 31.3 Å². The number of rotatable bonds is 2. The number of imide groups is 1. The molecule has 0 aromatic heterocycles. The maximum Gasteiger partial charge on any atom is 0.332 e. The quantitative estimate of drug-likeness (QED) is 0.540. The van der Waals surface area contributed by atoms with Gasteiger partial charge in [-0.3, -0.25) is 4.79 Å². The molecule has 5 heteroatoms. The first kappa shape index (κ1) is 19.1. The first-order valence-corrected chi connectivity index (χ1v) is 11.0. The van der Waals surface area contributed by atoms with Gasteiger partial charge >= 0.3 is 6.03 Å². The number of carbonyl (C=O) groups excluding carboxylic acids is 2. The van der Waals surface area contributed by atoms with Crippen LogP contribution in [0.2, 0.25) is 0 Å². The summed E-state index contributed by atoms with van der Waals surface area (Å²) in [4.78, 5) is 31.2. The molecule has 4 atom stereocenters. The van der Waals surface area contributed by atoms with Crippen molar-refractivity contribution in [3.63, 3.8) is 0 Å². The Morgan fingerprint density at radius 2 is 1.69 bits per heavy atom. The van der Waals surface area contributed by atoms with Crippen molar-refractivity contribution >= 4 is 17.6 Å². The Kier molecular flexibility index (Phi) is 4.00. The van der Waals surface area contributed by atoms with Gasteiger partial charge in [-0.05, 0) is 43.2 Å². The van der Waals surface area contributed by atoms with Gasteiger partial charge in [0.25, 0.3) is 5.91 Å². The Labute approximate surface area is 187 Å². The molecule has 0 unspecified atom stereocenters. The van der Waals surface area contributed by atoms with E-state index in [0.29, 0.717) is 12.3 Å². The Balaban J connectivity index is 1.57. The second kappa shape index (κ2) is 6.70. The molecule has 2 saturated heterocycles. The van der Waals surface area contributed by atoms with E-state index in [1.807, 2.05) is 85.5 Å². The zero-order valence-corrected chi connectivity index (χ0v) is 18.1. The molecule has 3 aliphatic rings. The lowest BCUT2D eigenvalue weighted by Crippen LogP contribution is -2.46. The SMILES string of the molecule is Cc1cccc(N2C(=O)N3[C@H]4c5ccccc5OC[C@@H]4[C@@H](c4ccccc4)[C@@]3(C)C2=O)c1. The van der Waals surface area contributed by atoms with E-state index in [1.54, 1.807) is 0 Å². The average Bonchev–Trinajstić information content (AvgIpc) is 3.19. The van der Waals surface area contributed by atoms with Crippen LogP contribution < -0.4 is 9.64 Å². The van der Waals surface area contributed by atoms with Crippen molar-refractivity contribution in [3.05, 3.63) is 95.6 Å². The normalized spacial score (nSPS) is 28.2. The van der Waals surface area contributed by atoms with Gasteiger partial charge in [-0.2, -0.15) is 0 Å². The van der Waals surface area contributed by atoms with E-state index in [2.05, 4.69) is 12.1 Å². The molecule has 32 heavy (non-hydrogen) atoms. The van der Waals surface area contributed by atoms with Gasteiger partial charge in [-0.25, -0.2) is 9.69 Å². The van der Waals surface area contributed by atoms with Crippen LogP contribution in [0.15, 0.2) is 78.9 Å². The number of para-hydroxylation sites is 1. The highest BCUT2D eigenvalue weighted by molar-refractivity contribution is 6.24. The predicted molar refractivity (Wildman–Crippen MR) is 122 cm³/mol. The summed E-state index contributed by atoms with van der Waals surface area (Å²) in [6.45, 7) is 4.37. The van der Waals surface area contributed by atoms with E-state index in [1.165, 1.54) is 4.90 Å². The second-order valence-corrected chi connectivity index (χ2v) is 9.13. The molecule has 0 bridgehead atoms. The number of hydrogen-bond donors (Lipinski definition) is 0. The van der Waals surface area contributed by atoms with Gasteiger partial charge in [-0.1, -0.05) is 60.7 Å². The molecule has 3 amide bonds. The number of urea groups is 1. The largest absolute Gasteiger partial charge is 0.493 e. The van der Waals surface area contributed by atoms with Crippen LogP contribution >= 0.6 is 0 Å². The lowest BCUT2D eigenvalue weighted by molar-refractivity contribution is -0.124. The highest BCUT2D eigenvalue weighted by Crippen LogP contribution is 2.61. The number of amides is 3. The van der Waals surface area contributed by atoms with Crippen molar-refractivity contribution in [1.82, 2.24) is 4.90 Å². The number of benzene rings is 3. The van der Waals surface area contributed by atoms with E-state index in [-0.39, 0.29) is 29.8 Å². The minimum absolute atomic E-state index is 0.00939. The summed E-state index contributed by atoms with van der Waals surface area (Å²) in [6.07, 6.45) is 0. The maximum atomic E-state index is 14.1. The highest BCUT2D eigenvalue weighted by atomic mass is 16.5. The monoisotopic (exact) mass is 424 g/mol. The molecule has 0 N–H and O–H groups in total. The van der Waals surface area contributed by atoms with Gasteiger partial charge in [-0.15, -0.1) is 0 Å². The van der Waals surface area contributed by atoms with Crippen molar-refractivity contribution in [2.75, 3.05) is 11.5 Å². The van der Waals surface area contributed by atoms with E-state index in [0.717, 1.165) is 22.4 Å². The third-order valence-electron chi connectivity index (χ3n) is 7.34. The Bertz CT molecular complexity index is 1240. The lowest BCUT2D eigenvalue weighted by Gasteiger charge is -2.34. The summed E-state index contributed by atoms with van der Waals surface area (Å²) < 4.78 is 6.13. The number of nitrogens with zero attached hydrogens (tertiary/aromatic N) is 2. The first-order valence-electron chi connectivity index (χ1n) is 11.0. The van der Waals surface area contributed by atoms with Gasteiger partial charge in [0, 0.05) is 17.4 Å². The van der Waals surface area contributed by atoms with Crippen molar-refractivity contribution < 1.29 is 14.3 Å². The molecule has 0 aliphatic carbocycles. The Hall–Kier alpha value is -3.60. The highest BCUT2D eigenvalue weighted by Gasteiger charge is 2.70. The van der Waals surface area contributed by atoms with E-state index < -0.39 is 5.54 Å². The topological polar surface area (TPSA) is 49.9 Å². The number of aryl methyl sites for hydroxylation is 1. The molecule has 3 heterocycles. The number of ether oxygens (including phenoxy) is 1. The molecule has 5 nitrogen and oxygen atoms in total. The number of anilines is 1. The molecular weight excluding hydrogens is 400 g/mol. The van der Waals surface area contributed by atoms with Crippen molar-refractivity contribution in [1.29, 1.82) is 0 Å². The van der Waals surface area contributed by atoms with Crippen molar-refractivity contribution in [3.8, 4) is 5.75 Å². The number of fused-ring (bicyclic) bond motifs is 5. The van der Waals surface area contributed by atoms with Gasteiger partial charge < -0.3 is 9.64 Å². The van der Waals surface area contributed by atoms with Crippen LogP contribution in [-0.4, -0.2) is 29.0 Å². The molecular formula is C27H24N2O3. The van der Waals surface area contributed by atoms with Gasteiger partial charge in [0.1, 0.15) is 11.3 Å². The minimum Gasteiger partial charge on any atom is -0.493 e. The predicted octanol–water partition coefficient (Wildman–Crippen LogP) is 5.07. The molecule has 0 radical (unpaired) electrons. The zero-order chi connectivity index (χ0) is 22.0. The third-order valence-corrected chi connectivity index (χ3v) is 7.34. The Morgan fingerprint density at radius 1 is 0.938 bits per heavy atom. The van der Waals surface area contributed by atoms with Crippen LogP contribution in [-0.2, 0) is 4.79 Å². The molecule has 3 aromatic carbocycles. The van der Waals surface area contributed by atoms with Crippen LogP contribution in [0.1, 0.15) is 35.6 Å². The minimum atomic E-state index is -1.00. The first-order chi connectivity index (χ1) is 15.5. The van der Waals surface area contributed by atoms with Crippen LogP contribution in [0.3, 0.4) is 0 Å². The molecule has 0 spiro atoms. The number of carbonyl (C=O) groups is 2. The fraction of sp³-hybridized carbons (Fsp3) is 0.259. The van der Waals surface area contributed by atoms with Crippen LogP contribution in [0.25, 0.3) is 0 Å². The van der Waals surface area contributed by atoms with E-state index >= 15 is 0 Å². The maximum absolute atomic E-state index is 14.1. The average molecular weight is 425 g/mol. The molecule has 3 aromatic rings. The summed E-state index contributed by atoms with van der Waals surface area (Å²) >= 11 is 0. The van der Waals surface area contributed by atoms with Crippen molar-refractivity contribution in [2.24, 2.45) is 5.92 Å². The molecule has 2 fully saturated rings. The smallest absolute Gasteiger partial charge is 0.332 e. The molecule has 6 rings (SSSR count). The molecule has 3 aliphatic heterocycles. The fourth-order valence-electron chi connectivity index (χ4n) is 6.03. The van der Waals surface area contributed by atoms with Gasteiger partial charge in [0.15, 0.2) is 0 Å². The molecule has 0 saturated carbocycles. The summed E-state index contributed by atoms with van der Waals surface area (Å²) in [6, 6.07) is 25.1. The standard InChI is InChI=1S/C27H24N2O3/c1-17-9-8-12-19(15-17)28-25(30)27(2)23(18-10-4-3-5-11-18)21-16-32-22-14-7-6-13-20(22)24(21)29(27)26(28)31/h3-15,21,23-24H,16H2,1-2H3/t21-,23-,24+,27+/m1/s1. The van der Waals surface area contributed by atoms with E-state index in [4.69, 9.17) is 4.74 Å². The van der Waals surface area contributed by atoms with Gasteiger partial charge in [0.05, 0.1) is 18.3 Å². The third kappa shape index (κ3) is 2.39. The lowest BCUT2D eigenvalue weighted by atomic mass is 9.73. The summed E-state index contributed by atoms with van der Waals surface area (Å²) in [5.41, 5.74) is 2.66. The fourth-order valence-corrected chi connectivity index (χ4v) is 6.03. The molecule has 160 valence electrons. The summed E-state index contributed by atoms with van der Waals surface area (Å²) in [7, 11) is 0. The Morgan fingerprint density at radius 3 is 2.47 bits per heavy atom. The second-order valence-electron chi connectivity index (χ2n) is 9.13. The summed E-state index contributed by atoms with van der Waals surface area (Å²) in [5, 5.41) is 0. The zero-order valence-electron chi connectivity index (χ0n) is 18.1. The van der Waals surface area contributed by atoms with E-state index in [9.17, 15) is 9.59 Å². The van der Waals surface area contributed by atoms with Gasteiger partial charge in [0.2, 0.25) is 0 Å². The van der Waals surface area contributed by atoms with Crippen LogP contribution in [0, 0.1) is 12.8 Å².